The van der Waals surface area contributed by atoms with E-state index in [1.807, 2.05) is 24.3 Å². The highest BCUT2D eigenvalue weighted by Crippen LogP contribution is 2.19. The van der Waals surface area contributed by atoms with E-state index < -0.39 is 11.0 Å². The molecule has 3 amide bonds. The van der Waals surface area contributed by atoms with Gasteiger partial charge in [0.25, 0.3) is 0 Å². The summed E-state index contributed by atoms with van der Waals surface area (Å²) in [6, 6.07) is 14.3. The largest absolute Gasteiger partial charge is 0.441 e. The van der Waals surface area contributed by atoms with Crippen molar-refractivity contribution in [3.05, 3.63) is 76.1 Å². The number of urea groups is 1. The van der Waals surface area contributed by atoms with E-state index in [1.165, 1.54) is 17.8 Å². The number of rotatable bonds is 13. The van der Waals surface area contributed by atoms with Crippen molar-refractivity contribution in [2.75, 3.05) is 35.1 Å². The molecule has 39 heavy (non-hydrogen) atoms. The molecule has 15 heteroatoms. The minimum atomic E-state index is -0.718. The normalized spacial score (nSPS) is 10.5. The van der Waals surface area contributed by atoms with E-state index >= 15 is 0 Å². The molecule has 0 atom stereocenters. The zero-order valence-corrected chi connectivity index (χ0v) is 23.3. The van der Waals surface area contributed by atoms with Gasteiger partial charge in [-0.15, -0.1) is 23.2 Å². The van der Waals surface area contributed by atoms with Crippen LogP contribution in [0, 0.1) is 10.1 Å². The third kappa shape index (κ3) is 9.23. The molecule has 1 heterocycles. The lowest BCUT2D eigenvalue weighted by molar-refractivity contribution is -0.396. The van der Waals surface area contributed by atoms with E-state index in [9.17, 15) is 19.7 Å². The maximum atomic E-state index is 12.3. The molecule has 1 aromatic heterocycles. The monoisotopic (exact) mass is 595 g/mol. The first-order valence-electron chi connectivity index (χ1n) is 11.7. The first-order valence-corrected chi connectivity index (χ1v) is 13.5. The van der Waals surface area contributed by atoms with Gasteiger partial charge >= 0.3 is 18.1 Å². The molecule has 0 unspecified atom stereocenters. The van der Waals surface area contributed by atoms with Crippen LogP contribution < -0.4 is 20.3 Å². The number of benzene rings is 2. The second-order valence-electron chi connectivity index (χ2n) is 8.01. The molecule has 0 spiro atoms. The van der Waals surface area contributed by atoms with Crippen LogP contribution in [0.25, 0.3) is 0 Å². The lowest BCUT2D eigenvalue weighted by atomic mass is 10.2. The van der Waals surface area contributed by atoms with E-state index in [4.69, 9.17) is 27.9 Å². The van der Waals surface area contributed by atoms with E-state index in [0.717, 1.165) is 23.2 Å². The number of anilines is 2. The average Bonchev–Trinajstić information content (AvgIpc) is 3.31. The maximum Gasteiger partial charge on any atom is 0.434 e. The van der Waals surface area contributed by atoms with Gasteiger partial charge in [0.1, 0.15) is 6.20 Å². The van der Waals surface area contributed by atoms with Crippen LogP contribution in [0.3, 0.4) is 0 Å². The lowest BCUT2D eigenvalue weighted by Crippen LogP contribution is -2.28. The Hall–Kier alpha value is -3.68. The predicted octanol–water partition coefficient (Wildman–Crippen LogP) is 4.87. The molecule has 0 aliphatic heterocycles. The van der Waals surface area contributed by atoms with Crippen molar-refractivity contribution in [2.45, 2.75) is 18.0 Å². The summed E-state index contributed by atoms with van der Waals surface area (Å²) in [4.78, 5) is 40.9. The number of alkyl halides is 2. The fourth-order valence-corrected chi connectivity index (χ4v) is 4.31. The fraction of sp³-hybridized carbons (Fsp3) is 0.292. The summed E-state index contributed by atoms with van der Waals surface area (Å²) in [7, 11) is 1.46. The number of hydrogen-bond donors (Lipinski definition) is 3. The number of ether oxygens (including phenoxy) is 1. The van der Waals surface area contributed by atoms with Crippen LogP contribution in [0.4, 0.5) is 26.9 Å². The van der Waals surface area contributed by atoms with Gasteiger partial charge in [0.2, 0.25) is 0 Å². The van der Waals surface area contributed by atoms with Crippen LogP contribution in [0.1, 0.15) is 11.3 Å². The first-order chi connectivity index (χ1) is 18.8. The number of nitro groups is 1. The van der Waals surface area contributed by atoms with E-state index in [0.29, 0.717) is 47.7 Å². The zero-order valence-electron chi connectivity index (χ0n) is 20.9. The van der Waals surface area contributed by atoms with Crippen molar-refractivity contribution < 1.29 is 19.2 Å². The second-order valence-corrected chi connectivity index (χ2v) is 9.65. The second kappa shape index (κ2) is 15.0. The number of nitrogens with zero attached hydrogens (tertiary/aromatic N) is 4. The summed E-state index contributed by atoms with van der Waals surface area (Å²) in [5, 5.41) is 16.4. The molecule has 0 aliphatic carbocycles. The van der Waals surface area contributed by atoms with Crippen LogP contribution in [-0.4, -0.2) is 51.4 Å². The number of carbonyl (C=O) groups excluding carboxylic acids is 2. The third-order valence-electron chi connectivity index (χ3n) is 5.40. The van der Waals surface area contributed by atoms with Crippen LogP contribution in [-0.2, 0) is 24.9 Å². The Labute approximate surface area is 239 Å². The summed E-state index contributed by atoms with van der Waals surface area (Å²) in [6.45, 7) is 1.58. The molecule has 0 bridgehead atoms. The van der Waals surface area contributed by atoms with Crippen LogP contribution in [0.15, 0.2) is 59.6 Å². The Kier molecular flexibility index (Phi) is 11.5. The van der Waals surface area contributed by atoms with Gasteiger partial charge in [0.05, 0.1) is 7.05 Å². The van der Waals surface area contributed by atoms with Crippen LogP contribution >= 0.6 is 35.1 Å². The van der Waals surface area contributed by atoms with Crippen molar-refractivity contribution in [1.82, 2.24) is 19.6 Å². The van der Waals surface area contributed by atoms with Gasteiger partial charge in [0.15, 0.2) is 12.3 Å². The van der Waals surface area contributed by atoms with Gasteiger partial charge in [-0.3, -0.25) is 4.72 Å². The number of halogens is 2. The number of aromatic nitrogens is 2. The molecule has 3 aromatic rings. The third-order valence-corrected chi connectivity index (χ3v) is 6.52. The van der Waals surface area contributed by atoms with Crippen molar-refractivity contribution in [3.8, 4) is 0 Å². The smallest absolute Gasteiger partial charge is 0.434 e. The summed E-state index contributed by atoms with van der Waals surface area (Å²) >= 11 is 12.7. The van der Waals surface area contributed by atoms with E-state index in [1.54, 1.807) is 24.3 Å². The summed E-state index contributed by atoms with van der Waals surface area (Å²) < 4.78 is 8.82. The highest BCUT2D eigenvalue weighted by Gasteiger charge is 2.18. The van der Waals surface area contributed by atoms with Crippen LogP contribution in [0.2, 0.25) is 0 Å². The fourth-order valence-electron chi connectivity index (χ4n) is 3.37. The quantitative estimate of drug-likeness (QED) is 0.110. The molecule has 3 rings (SSSR count). The topological polar surface area (TPSA) is 144 Å². The summed E-state index contributed by atoms with van der Waals surface area (Å²) in [6.07, 6.45) is 0.557. The summed E-state index contributed by atoms with van der Waals surface area (Å²) in [5.41, 5.74) is 2.91. The average molecular weight is 596 g/mol. The van der Waals surface area contributed by atoms with Gasteiger partial charge in [-0.05, 0) is 58.8 Å². The van der Waals surface area contributed by atoms with Crippen LogP contribution in [0.5, 0.6) is 0 Å². The molecule has 3 N–H and O–H groups in total. The molecule has 12 nitrogen and oxygen atoms in total. The summed E-state index contributed by atoms with van der Waals surface area (Å²) in [5.74, 6) is 0.672. The predicted molar refractivity (Wildman–Crippen MR) is 151 cm³/mol. The minimum Gasteiger partial charge on any atom is -0.441 e. The van der Waals surface area contributed by atoms with Gasteiger partial charge in [-0.25, -0.2) is 14.2 Å². The Bertz CT molecular complexity index is 1250. The van der Waals surface area contributed by atoms with Gasteiger partial charge in [-0.2, -0.15) is 0 Å². The van der Waals surface area contributed by atoms with Crippen molar-refractivity contribution >= 4 is 64.6 Å². The van der Waals surface area contributed by atoms with Gasteiger partial charge in [0, 0.05) is 47.7 Å². The SMILES string of the molecule is Cn1c(COC(=O)NSc2ccc(NC(=O)NCc3ccc(N(CCCl)CCCl)cc3)cc2)cnc1[N+](=O)[O-]. The molecule has 0 aliphatic rings. The van der Waals surface area contributed by atoms with Crippen molar-refractivity contribution in [3.63, 3.8) is 0 Å². The lowest BCUT2D eigenvalue weighted by Gasteiger charge is -2.23. The highest BCUT2D eigenvalue weighted by molar-refractivity contribution is 7.98. The van der Waals surface area contributed by atoms with E-state index in [-0.39, 0.29) is 18.6 Å². The maximum absolute atomic E-state index is 12.3. The van der Waals surface area contributed by atoms with Gasteiger partial charge in [-0.1, -0.05) is 17.1 Å². The molecule has 0 radical (unpaired) electrons. The number of nitrogens with one attached hydrogen (secondary N) is 3. The number of carbonyl (C=O) groups is 2. The van der Waals surface area contributed by atoms with Crippen molar-refractivity contribution in [2.24, 2.45) is 7.05 Å². The Morgan fingerprint density at radius 3 is 2.36 bits per heavy atom. The molecule has 0 saturated carbocycles. The minimum absolute atomic E-state index is 0.174. The molecule has 2 aromatic carbocycles. The molecular formula is C24H27Cl2N7O5S. The van der Waals surface area contributed by atoms with E-state index in [2.05, 4.69) is 25.2 Å². The molecular weight excluding hydrogens is 569 g/mol. The van der Waals surface area contributed by atoms with Crippen molar-refractivity contribution in [1.29, 1.82) is 0 Å². The Morgan fingerprint density at radius 2 is 1.77 bits per heavy atom. The first kappa shape index (κ1) is 29.9. The number of amides is 3. The molecule has 0 saturated heterocycles. The Balaban J connectivity index is 1.39. The highest BCUT2D eigenvalue weighted by atomic mass is 35.5. The molecule has 208 valence electrons. The van der Waals surface area contributed by atoms with Gasteiger partial charge < -0.3 is 30.4 Å². The molecule has 0 fully saturated rings. The zero-order chi connectivity index (χ0) is 28.2. The number of hydrogen-bond acceptors (Lipinski definition) is 8. The standard InChI is InChI=1S/C24H27Cl2N7O5S/c1-31-20(15-28-23(31)33(36)37)16-38-24(35)30-39-21-8-4-18(5-9-21)29-22(34)27-14-17-2-6-19(7-3-17)32(12-10-25)13-11-26/h2-9,15H,10-14,16H2,1H3,(H,30,35)(H2,27,29,34). The Morgan fingerprint density at radius 1 is 1.10 bits per heavy atom. The number of imidazole rings is 1.